The number of aromatic nitrogens is 2. The molecule has 98 valence electrons. The van der Waals surface area contributed by atoms with Crippen LogP contribution < -0.4 is 5.73 Å². The summed E-state index contributed by atoms with van der Waals surface area (Å²) in [7, 11) is 1.63. The minimum absolute atomic E-state index is 0.188. The maximum Gasteiger partial charge on any atom is 0.293 e. The Morgan fingerprint density at radius 3 is 2.72 bits per heavy atom. The van der Waals surface area contributed by atoms with Crippen LogP contribution in [0, 0.1) is 5.92 Å². The zero-order valence-corrected chi connectivity index (χ0v) is 10.7. The molecule has 2 N–H and O–H groups in total. The van der Waals surface area contributed by atoms with Crippen LogP contribution in [0.4, 0.5) is 0 Å². The normalized spacial score (nSPS) is 13.2. The average Bonchev–Trinajstić information content (AvgIpc) is 2.96. The molecule has 6 nitrogen and oxygen atoms in total. The molecule has 1 unspecified atom stereocenters. The quantitative estimate of drug-likeness (QED) is 0.875. The van der Waals surface area contributed by atoms with E-state index in [1.807, 2.05) is 13.8 Å². The molecule has 0 aliphatic heterocycles. The third kappa shape index (κ3) is 2.44. The van der Waals surface area contributed by atoms with Crippen LogP contribution >= 0.6 is 0 Å². The molecule has 2 heterocycles. The molecule has 0 spiro atoms. The molecule has 0 saturated heterocycles. The van der Waals surface area contributed by atoms with E-state index in [2.05, 4.69) is 10.1 Å². The van der Waals surface area contributed by atoms with Crippen molar-refractivity contribution < 1.29 is 13.7 Å². The predicted molar refractivity (Wildman–Crippen MR) is 64.5 cm³/mol. The van der Waals surface area contributed by atoms with E-state index < -0.39 is 0 Å². The van der Waals surface area contributed by atoms with Crippen LogP contribution in [-0.2, 0) is 11.3 Å². The average molecular weight is 251 g/mol. The second-order valence-corrected chi connectivity index (χ2v) is 4.33. The first kappa shape index (κ1) is 12.8. The van der Waals surface area contributed by atoms with Crippen LogP contribution in [0.1, 0.15) is 31.5 Å². The van der Waals surface area contributed by atoms with Crippen molar-refractivity contribution in [2.45, 2.75) is 26.5 Å². The van der Waals surface area contributed by atoms with Gasteiger partial charge in [0.25, 0.3) is 5.89 Å². The van der Waals surface area contributed by atoms with Crippen molar-refractivity contribution >= 4 is 0 Å². The molecule has 0 bridgehead atoms. The van der Waals surface area contributed by atoms with Gasteiger partial charge in [-0.1, -0.05) is 19.0 Å². The van der Waals surface area contributed by atoms with E-state index in [1.165, 1.54) is 0 Å². The number of methoxy groups -OCH3 is 1. The Hall–Kier alpha value is -1.66. The molecule has 0 aliphatic rings. The highest BCUT2D eigenvalue weighted by atomic mass is 16.5. The Morgan fingerprint density at radius 1 is 1.39 bits per heavy atom. The van der Waals surface area contributed by atoms with E-state index >= 15 is 0 Å². The summed E-state index contributed by atoms with van der Waals surface area (Å²) in [6.45, 7) is 4.40. The van der Waals surface area contributed by atoms with Crippen LogP contribution in [-0.4, -0.2) is 17.3 Å². The third-order valence-corrected chi connectivity index (χ3v) is 2.63. The van der Waals surface area contributed by atoms with Crippen molar-refractivity contribution in [1.82, 2.24) is 10.1 Å². The maximum absolute atomic E-state index is 5.48. The van der Waals surface area contributed by atoms with Gasteiger partial charge >= 0.3 is 0 Å². The summed E-state index contributed by atoms with van der Waals surface area (Å²) in [4.78, 5) is 4.28. The molecule has 6 heteroatoms. The molecule has 2 aromatic heterocycles. The summed E-state index contributed by atoms with van der Waals surface area (Å²) in [5, 5.41) is 3.92. The summed E-state index contributed by atoms with van der Waals surface area (Å²) >= 11 is 0. The number of nitrogens with two attached hydrogens (primary N) is 1. The molecule has 18 heavy (non-hydrogen) atoms. The lowest BCUT2D eigenvalue weighted by Gasteiger charge is -2.14. The molecule has 1 atom stereocenters. The molecule has 2 aromatic rings. The predicted octanol–water partition coefficient (Wildman–Crippen LogP) is 2.13. The smallest absolute Gasteiger partial charge is 0.293 e. The molecular weight excluding hydrogens is 234 g/mol. The molecule has 0 saturated carbocycles. The number of hydrogen-bond acceptors (Lipinski definition) is 6. The standard InChI is InChI=1S/C12H17N3O3/c1-7(2)10(16-3)11-14-12(18-15-11)9-5-4-8(6-13)17-9/h4-5,7,10H,6,13H2,1-3H3. The Bertz CT molecular complexity index is 504. The third-order valence-electron chi connectivity index (χ3n) is 2.63. The largest absolute Gasteiger partial charge is 0.455 e. The van der Waals surface area contributed by atoms with Gasteiger partial charge in [0.05, 0.1) is 6.54 Å². The summed E-state index contributed by atoms with van der Waals surface area (Å²) in [6, 6.07) is 3.55. The molecular formula is C12H17N3O3. The first-order valence-corrected chi connectivity index (χ1v) is 5.81. The highest BCUT2D eigenvalue weighted by Crippen LogP contribution is 2.26. The molecule has 0 fully saturated rings. The molecule has 2 rings (SSSR count). The fourth-order valence-electron chi connectivity index (χ4n) is 1.73. The Kier molecular flexibility index (Phi) is 3.78. The van der Waals surface area contributed by atoms with E-state index in [-0.39, 0.29) is 12.0 Å². The van der Waals surface area contributed by atoms with Crippen LogP contribution in [0.3, 0.4) is 0 Å². The van der Waals surface area contributed by atoms with Gasteiger partial charge in [-0.05, 0) is 18.1 Å². The van der Waals surface area contributed by atoms with Crippen molar-refractivity contribution in [3.05, 3.63) is 23.7 Å². The zero-order valence-electron chi connectivity index (χ0n) is 10.7. The van der Waals surface area contributed by atoms with Gasteiger partial charge in [-0.3, -0.25) is 0 Å². The van der Waals surface area contributed by atoms with Crippen LogP contribution in [0.5, 0.6) is 0 Å². The van der Waals surface area contributed by atoms with Crippen LogP contribution in [0.25, 0.3) is 11.7 Å². The molecule has 0 radical (unpaired) electrons. The van der Waals surface area contributed by atoms with Gasteiger partial charge in [0.2, 0.25) is 5.82 Å². The van der Waals surface area contributed by atoms with Crippen molar-refractivity contribution in [3.8, 4) is 11.7 Å². The molecule has 0 amide bonds. The monoisotopic (exact) mass is 251 g/mol. The second-order valence-electron chi connectivity index (χ2n) is 4.33. The first-order chi connectivity index (χ1) is 8.65. The number of furan rings is 1. The number of hydrogen-bond donors (Lipinski definition) is 1. The van der Waals surface area contributed by atoms with Crippen LogP contribution in [0.15, 0.2) is 21.1 Å². The second kappa shape index (κ2) is 5.32. The molecule has 0 aliphatic carbocycles. The number of nitrogens with zero attached hydrogens (tertiary/aromatic N) is 2. The lowest BCUT2D eigenvalue weighted by atomic mass is 10.1. The van der Waals surface area contributed by atoms with Crippen molar-refractivity contribution in [3.63, 3.8) is 0 Å². The molecule has 0 aromatic carbocycles. The summed E-state index contributed by atoms with van der Waals surface area (Å²) in [5.41, 5.74) is 5.48. The minimum atomic E-state index is -0.188. The summed E-state index contributed by atoms with van der Waals surface area (Å²) in [5.74, 6) is 2.32. The first-order valence-electron chi connectivity index (χ1n) is 5.81. The van der Waals surface area contributed by atoms with Crippen molar-refractivity contribution in [2.24, 2.45) is 11.7 Å². The lowest BCUT2D eigenvalue weighted by Crippen LogP contribution is -2.10. The van der Waals surface area contributed by atoms with Crippen LogP contribution in [0.2, 0.25) is 0 Å². The fourth-order valence-corrected chi connectivity index (χ4v) is 1.73. The highest BCUT2D eigenvalue weighted by molar-refractivity contribution is 5.44. The van der Waals surface area contributed by atoms with Crippen molar-refractivity contribution in [1.29, 1.82) is 0 Å². The minimum Gasteiger partial charge on any atom is -0.455 e. The van der Waals surface area contributed by atoms with E-state index in [4.69, 9.17) is 19.4 Å². The Labute approximate surface area is 105 Å². The maximum atomic E-state index is 5.48. The lowest BCUT2D eigenvalue weighted by molar-refractivity contribution is 0.0556. The Balaban J connectivity index is 2.24. The van der Waals surface area contributed by atoms with Crippen molar-refractivity contribution in [2.75, 3.05) is 7.11 Å². The van der Waals surface area contributed by atoms with E-state index in [1.54, 1.807) is 19.2 Å². The SMILES string of the molecule is COC(c1noc(-c2ccc(CN)o2)n1)C(C)C. The van der Waals surface area contributed by atoms with Gasteiger partial charge < -0.3 is 19.4 Å². The zero-order chi connectivity index (χ0) is 13.1. The van der Waals surface area contributed by atoms with Gasteiger partial charge in [0.15, 0.2) is 5.76 Å². The fraction of sp³-hybridized carbons (Fsp3) is 0.500. The summed E-state index contributed by atoms with van der Waals surface area (Å²) in [6.07, 6.45) is -0.188. The number of ether oxygens (including phenoxy) is 1. The van der Waals surface area contributed by atoms with Gasteiger partial charge in [-0.2, -0.15) is 4.98 Å². The van der Waals surface area contributed by atoms with E-state index in [0.717, 1.165) is 0 Å². The highest BCUT2D eigenvalue weighted by Gasteiger charge is 2.22. The van der Waals surface area contributed by atoms with Gasteiger partial charge in [-0.25, -0.2) is 0 Å². The Morgan fingerprint density at radius 2 is 2.17 bits per heavy atom. The van der Waals surface area contributed by atoms with E-state index in [0.29, 0.717) is 29.8 Å². The van der Waals surface area contributed by atoms with Gasteiger partial charge in [-0.15, -0.1) is 0 Å². The van der Waals surface area contributed by atoms with E-state index in [9.17, 15) is 0 Å². The van der Waals surface area contributed by atoms with Gasteiger partial charge in [0, 0.05) is 7.11 Å². The topological polar surface area (TPSA) is 87.3 Å². The summed E-state index contributed by atoms with van der Waals surface area (Å²) < 4.78 is 15.9. The van der Waals surface area contributed by atoms with Gasteiger partial charge in [0.1, 0.15) is 11.9 Å². The number of rotatable bonds is 5.